The smallest absolute Gasteiger partial charge is 0.223 e. The molecule has 1 aromatic rings. The monoisotopic (exact) mass is 338 g/mol. The molecule has 0 radical (unpaired) electrons. The normalized spacial score (nSPS) is 20.5. The number of rotatable bonds is 8. The van der Waals surface area contributed by atoms with E-state index in [9.17, 15) is 13.2 Å². The van der Waals surface area contributed by atoms with Gasteiger partial charge in [-0.2, -0.15) is 0 Å². The molecule has 1 fully saturated rings. The number of carbonyl (C=O) groups excluding carboxylic acids is 1. The molecule has 1 aliphatic carbocycles. The standard InChI is InChI=1S/C17H26N2O3S/c1-4-19-23(21,22)10-9-18-17(20)16-11-15(16)14-7-5-13(6-8-14)12(2)3/h5-8,12,15-16,19H,4,9-11H2,1-3H3,(H,18,20). The van der Waals surface area contributed by atoms with Gasteiger partial charge in [-0.15, -0.1) is 0 Å². The van der Waals surface area contributed by atoms with Crippen molar-refractivity contribution in [1.82, 2.24) is 10.0 Å². The summed E-state index contributed by atoms with van der Waals surface area (Å²) in [5.41, 5.74) is 2.49. The van der Waals surface area contributed by atoms with E-state index in [1.165, 1.54) is 11.1 Å². The topological polar surface area (TPSA) is 75.3 Å². The van der Waals surface area contributed by atoms with E-state index in [1.807, 2.05) is 0 Å². The lowest BCUT2D eigenvalue weighted by atomic mass is 10.00. The van der Waals surface area contributed by atoms with Crippen LogP contribution >= 0.6 is 0 Å². The molecule has 23 heavy (non-hydrogen) atoms. The minimum Gasteiger partial charge on any atom is -0.355 e. The van der Waals surface area contributed by atoms with Crippen LogP contribution in [0.5, 0.6) is 0 Å². The first kappa shape index (κ1) is 17.9. The molecular weight excluding hydrogens is 312 g/mol. The molecule has 128 valence electrons. The van der Waals surface area contributed by atoms with Crippen molar-refractivity contribution >= 4 is 15.9 Å². The third-order valence-electron chi connectivity index (χ3n) is 4.19. The van der Waals surface area contributed by atoms with Crippen molar-refractivity contribution in [2.45, 2.75) is 39.0 Å². The van der Waals surface area contributed by atoms with Crippen molar-refractivity contribution in [2.75, 3.05) is 18.8 Å². The summed E-state index contributed by atoms with van der Waals surface area (Å²) in [4.78, 5) is 12.1. The molecule has 1 saturated carbocycles. The SMILES string of the molecule is CCNS(=O)(=O)CCNC(=O)C1CC1c1ccc(C(C)C)cc1. The third-order valence-corrected chi connectivity index (χ3v) is 5.66. The number of hydrogen-bond donors (Lipinski definition) is 2. The molecule has 5 nitrogen and oxygen atoms in total. The van der Waals surface area contributed by atoms with E-state index in [0.29, 0.717) is 12.5 Å². The average molecular weight is 338 g/mol. The lowest BCUT2D eigenvalue weighted by molar-refractivity contribution is -0.122. The molecule has 2 rings (SSSR count). The van der Waals surface area contributed by atoms with Crippen LogP contribution in [0, 0.1) is 5.92 Å². The van der Waals surface area contributed by atoms with E-state index in [2.05, 4.69) is 48.2 Å². The molecule has 0 bridgehead atoms. The van der Waals surface area contributed by atoms with Gasteiger partial charge in [-0.3, -0.25) is 4.79 Å². The summed E-state index contributed by atoms with van der Waals surface area (Å²) in [5, 5.41) is 2.73. The van der Waals surface area contributed by atoms with Crippen LogP contribution in [0.1, 0.15) is 50.2 Å². The summed E-state index contributed by atoms with van der Waals surface area (Å²) < 4.78 is 25.4. The molecular formula is C17H26N2O3S. The van der Waals surface area contributed by atoms with Gasteiger partial charge in [0.25, 0.3) is 0 Å². The van der Waals surface area contributed by atoms with Gasteiger partial charge >= 0.3 is 0 Å². The van der Waals surface area contributed by atoms with Crippen LogP contribution in [0.3, 0.4) is 0 Å². The zero-order valence-corrected chi connectivity index (χ0v) is 14.8. The van der Waals surface area contributed by atoms with E-state index in [-0.39, 0.29) is 30.0 Å². The highest BCUT2D eigenvalue weighted by Gasteiger charge is 2.43. The number of benzene rings is 1. The Bertz CT molecular complexity index is 638. The Labute approximate surface area is 138 Å². The van der Waals surface area contributed by atoms with Gasteiger partial charge in [-0.25, -0.2) is 13.1 Å². The Morgan fingerprint density at radius 1 is 1.26 bits per heavy atom. The van der Waals surface area contributed by atoms with Gasteiger partial charge in [0.15, 0.2) is 0 Å². The van der Waals surface area contributed by atoms with Crippen molar-refractivity contribution < 1.29 is 13.2 Å². The predicted molar refractivity (Wildman–Crippen MR) is 91.9 cm³/mol. The van der Waals surface area contributed by atoms with Crippen LogP contribution in [-0.2, 0) is 14.8 Å². The zero-order chi connectivity index (χ0) is 17.0. The van der Waals surface area contributed by atoms with E-state index in [1.54, 1.807) is 6.92 Å². The van der Waals surface area contributed by atoms with Crippen molar-refractivity contribution in [2.24, 2.45) is 5.92 Å². The number of carbonyl (C=O) groups is 1. The van der Waals surface area contributed by atoms with Crippen molar-refractivity contribution in [1.29, 1.82) is 0 Å². The number of amides is 1. The fourth-order valence-corrected chi connectivity index (χ4v) is 3.67. The van der Waals surface area contributed by atoms with E-state index in [4.69, 9.17) is 0 Å². The van der Waals surface area contributed by atoms with Crippen LogP contribution < -0.4 is 10.0 Å². The lowest BCUT2D eigenvalue weighted by Gasteiger charge is -2.08. The summed E-state index contributed by atoms with van der Waals surface area (Å²) in [7, 11) is -3.28. The van der Waals surface area contributed by atoms with E-state index < -0.39 is 10.0 Å². The summed E-state index contributed by atoms with van der Waals surface area (Å²) in [6.07, 6.45) is 0.840. The maximum absolute atomic E-state index is 12.1. The minimum absolute atomic E-state index is 0.0262. The summed E-state index contributed by atoms with van der Waals surface area (Å²) >= 11 is 0. The molecule has 2 unspecified atom stereocenters. The molecule has 2 N–H and O–H groups in total. The molecule has 0 aromatic heterocycles. The van der Waals surface area contributed by atoms with Gasteiger partial charge in [-0.1, -0.05) is 45.0 Å². The summed E-state index contributed by atoms with van der Waals surface area (Å²) in [5.74, 6) is 0.617. The number of hydrogen-bond acceptors (Lipinski definition) is 3. The maximum atomic E-state index is 12.1. The van der Waals surface area contributed by atoms with Crippen molar-refractivity contribution in [3.8, 4) is 0 Å². The molecule has 0 aliphatic heterocycles. The second kappa shape index (κ2) is 7.45. The molecule has 1 amide bonds. The highest BCUT2D eigenvalue weighted by Crippen LogP contribution is 2.47. The lowest BCUT2D eigenvalue weighted by Crippen LogP contribution is -2.35. The average Bonchev–Trinajstić information content (AvgIpc) is 3.27. The molecule has 6 heteroatoms. The first-order chi connectivity index (χ1) is 10.8. The van der Waals surface area contributed by atoms with Gasteiger partial charge in [0, 0.05) is 19.0 Å². The van der Waals surface area contributed by atoms with Gasteiger partial charge in [0.05, 0.1) is 5.75 Å². The molecule has 1 aliphatic rings. The second-order valence-corrected chi connectivity index (χ2v) is 8.30. The zero-order valence-electron chi connectivity index (χ0n) is 14.0. The molecule has 2 atom stereocenters. The van der Waals surface area contributed by atoms with Crippen LogP contribution in [0.4, 0.5) is 0 Å². The first-order valence-electron chi connectivity index (χ1n) is 8.19. The minimum atomic E-state index is -3.28. The van der Waals surface area contributed by atoms with Gasteiger partial charge in [0.2, 0.25) is 15.9 Å². The fraction of sp³-hybridized carbons (Fsp3) is 0.588. The van der Waals surface area contributed by atoms with Gasteiger partial charge < -0.3 is 5.32 Å². The maximum Gasteiger partial charge on any atom is 0.223 e. The van der Waals surface area contributed by atoms with Crippen LogP contribution in [-0.4, -0.2) is 33.2 Å². The Morgan fingerprint density at radius 3 is 2.48 bits per heavy atom. The van der Waals surface area contributed by atoms with E-state index >= 15 is 0 Å². The largest absolute Gasteiger partial charge is 0.355 e. The van der Waals surface area contributed by atoms with Crippen molar-refractivity contribution in [3.05, 3.63) is 35.4 Å². The quantitative estimate of drug-likeness (QED) is 0.761. The summed E-state index contributed by atoms with van der Waals surface area (Å²) in [6.45, 7) is 6.57. The van der Waals surface area contributed by atoms with Crippen LogP contribution in [0.25, 0.3) is 0 Å². The highest BCUT2D eigenvalue weighted by atomic mass is 32.2. The van der Waals surface area contributed by atoms with E-state index in [0.717, 1.165) is 6.42 Å². The Balaban J connectivity index is 1.80. The Morgan fingerprint density at radius 2 is 1.91 bits per heavy atom. The van der Waals surface area contributed by atoms with Gasteiger partial charge in [-0.05, 0) is 29.4 Å². The third kappa shape index (κ3) is 5.04. The number of nitrogens with one attached hydrogen (secondary N) is 2. The van der Waals surface area contributed by atoms with Crippen molar-refractivity contribution in [3.63, 3.8) is 0 Å². The van der Waals surface area contributed by atoms with Gasteiger partial charge in [0.1, 0.15) is 0 Å². The molecule has 1 aromatic carbocycles. The predicted octanol–water partition coefficient (Wildman–Crippen LogP) is 1.97. The molecule has 0 spiro atoms. The highest BCUT2D eigenvalue weighted by molar-refractivity contribution is 7.89. The first-order valence-corrected chi connectivity index (χ1v) is 9.84. The second-order valence-electron chi connectivity index (χ2n) is 6.38. The van der Waals surface area contributed by atoms with Crippen LogP contribution in [0.2, 0.25) is 0 Å². The Kier molecular flexibility index (Phi) is 5.81. The molecule has 0 heterocycles. The van der Waals surface area contributed by atoms with Crippen LogP contribution in [0.15, 0.2) is 24.3 Å². The summed E-state index contributed by atoms with van der Waals surface area (Å²) in [6, 6.07) is 8.44. The number of sulfonamides is 1. The fourth-order valence-electron chi connectivity index (χ4n) is 2.71. The Hall–Kier alpha value is -1.40. The molecule has 0 saturated heterocycles.